The number of nitrogens with zero attached hydrogens (tertiary/aromatic N) is 1. The van der Waals surface area contributed by atoms with Crippen LogP contribution in [0.25, 0.3) is 0 Å². The third-order valence-electron chi connectivity index (χ3n) is 5.11. The summed E-state index contributed by atoms with van der Waals surface area (Å²) in [7, 11) is 3.79. The average molecular weight is 366 g/mol. The van der Waals surface area contributed by atoms with Crippen molar-refractivity contribution in [3.05, 3.63) is 47.1 Å². The number of rotatable bonds is 1. The molecule has 5 heteroatoms. The van der Waals surface area contributed by atoms with Gasteiger partial charge in [-0.3, -0.25) is 0 Å². The van der Waals surface area contributed by atoms with Crippen molar-refractivity contribution in [2.75, 3.05) is 20.7 Å². The molecule has 1 N–H and O–H groups in total. The third-order valence-corrected chi connectivity index (χ3v) is 5.93. The summed E-state index contributed by atoms with van der Waals surface area (Å²) in [6.07, 6.45) is 9.30. The van der Waals surface area contributed by atoms with Crippen molar-refractivity contribution in [1.82, 2.24) is 4.90 Å². The zero-order valence-electron chi connectivity index (χ0n) is 12.8. The van der Waals surface area contributed by atoms with Gasteiger partial charge in [-0.25, -0.2) is 0 Å². The first-order valence-corrected chi connectivity index (χ1v) is 8.55. The lowest BCUT2D eigenvalue weighted by Gasteiger charge is -2.38. The Morgan fingerprint density at radius 2 is 2.32 bits per heavy atom. The maximum atomic E-state index is 10.0. The molecule has 2 aliphatic heterocycles. The maximum absolute atomic E-state index is 10.0. The van der Waals surface area contributed by atoms with Gasteiger partial charge < -0.3 is 19.5 Å². The fourth-order valence-corrected chi connectivity index (χ4v) is 4.78. The van der Waals surface area contributed by atoms with Crippen LogP contribution in [0.3, 0.4) is 0 Å². The van der Waals surface area contributed by atoms with Gasteiger partial charge in [0.25, 0.3) is 0 Å². The number of ether oxygens (including phenoxy) is 2. The Kier molecular flexibility index (Phi) is 3.20. The van der Waals surface area contributed by atoms with E-state index in [1.165, 1.54) is 11.1 Å². The molecular formula is C17H20BrNO3. The van der Waals surface area contributed by atoms with E-state index in [4.69, 9.17) is 9.47 Å². The molecule has 0 aromatic heterocycles. The van der Waals surface area contributed by atoms with E-state index in [9.17, 15) is 5.11 Å². The van der Waals surface area contributed by atoms with Crippen LogP contribution in [-0.2, 0) is 9.47 Å². The third kappa shape index (κ3) is 1.85. The van der Waals surface area contributed by atoms with Crippen molar-refractivity contribution in [3.63, 3.8) is 0 Å². The zero-order valence-corrected chi connectivity index (χ0v) is 14.3. The SMILES string of the molecule is COC1=C2O[C@H]3CC(O)C=C[C@]34CN(C)C=CC(=C24)C(Br)C1. The predicted octanol–water partition coefficient (Wildman–Crippen LogP) is 2.47. The standard InChI is InChI=1S/C17H20BrNO3/c1-19-6-4-11-12(18)8-13(21-2)16-15(11)17(9-19)5-3-10(20)7-14(17)22-16/h3-6,10,12,14,20H,7-9H2,1-2H3/t10?,12?,14-,17-/m0/s1. The molecule has 0 amide bonds. The lowest BCUT2D eigenvalue weighted by atomic mass is 9.69. The second kappa shape index (κ2) is 4.90. The number of methoxy groups -OCH3 is 1. The minimum atomic E-state index is -0.437. The van der Waals surface area contributed by atoms with E-state index in [0.717, 1.165) is 24.5 Å². The van der Waals surface area contributed by atoms with Crippen molar-refractivity contribution < 1.29 is 14.6 Å². The molecule has 2 heterocycles. The quantitative estimate of drug-likeness (QED) is 0.572. The molecule has 0 aromatic rings. The molecule has 4 aliphatic rings. The Morgan fingerprint density at radius 1 is 1.50 bits per heavy atom. The molecule has 118 valence electrons. The van der Waals surface area contributed by atoms with E-state index in [1.807, 2.05) is 6.08 Å². The highest BCUT2D eigenvalue weighted by atomic mass is 79.9. The monoisotopic (exact) mass is 365 g/mol. The smallest absolute Gasteiger partial charge is 0.162 e. The Labute approximate surface area is 138 Å². The number of aliphatic hydroxyl groups is 1. The highest BCUT2D eigenvalue weighted by Gasteiger charge is 2.56. The first kappa shape index (κ1) is 14.4. The largest absolute Gasteiger partial charge is 0.497 e. The fraction of sp³-hybridized carbons (Fsp3) is 0.529. The zero-order chi connectivity index (χ0) is 15.5. The summed E-state index contributed by atoms with van der Waals surface area (Å²) in [5.41, 5.74) is 2.29. The van der Waals surface area contributed by atoms with Crippen LogP contribution >= 0.6 is 15.9 Å². The van der Waals surface area contributed by atoms with Crippen molar-refractivity contribution >= 4 is 15.9 Å². The van der Waals surface area contributed by atoms with Gasteiger partial charge >= 0.3 is 0 Å². The molecule has 0 saturated carbocycles. The summed E-state index contributed by atoms with van der Waals surface area (Å²) < 4.78 is 11.9. The molecule has 0 aromatic carbocycles. The Morgan fingerprint density at radius 3 is 3.09 bits per heavy atom. The lowest BCUT2D eigenvalue weighted by molar-refractivity contribution is 0.0334. The van der Waals surface area contributed by atoms with Crippen molar-refractivity contribution in [1.29, 1.82) is 0 Å². The van der Waals surface area contributed by atoms with Crippen LogP contribution in [0.2, 0.25) is 0 Å². The fourth-order valence-electron chi connectivity index (χ4n) is 4.11. The molecule has 22 heavy (non-hydrogen) atoms. The van der Waals surface area contributed by atoms with Crippen LogP contribution in [0.4, 0.5) is 0 Å². The number of hydrogen-bond donors (Lipinski definition) is 1. The van der Waals surface area contributed by atoms with Crippen LogP contribution in [0, 0.1) is 5.41 Å². The molecule has 1 fully saturated rings. The first-order valence-electron chi connectivity index (χ1n) is 7.64. The summed E-state index contributed by atoms with van der Waals surface area (Å²) in [5, 5.41) is 10.0. The average Bonchev–Trinajstić information content (AvgIpc) is 2.71. The van der Waals surface area contributed by atoms with E-state index in [0.29, 0.717) is 6.42 Å². The Balaban J connectivity index is 1.97. The number of halogens is 1. The van der Waals surface area contributed by atoms with Crippen LogP contribution in [0.1, 0.15) is 12.8 Å². The van der Waals surface area contributed by atoms with Gasteiger partial charge in [0.1, 0.15) is 11.9 Å². The molecule has 4 atom stereocenters. The van der Waals surface area contributed by atoms with Crippen LogP contribution in [0.5, 0.6) is 0 Å². The molecule has 4 rings (SSSR count). The van der Waals surface area contributed by atoms with Gasteiger partial charge in [-0.1, -0.05) is 28.1 Å². The molecular weight excluding hydrogens is 346 g/mol. The summed E-state index contributed by atoms with van der Waals surface area (Å²) in [4.78, 5) is 2.43. The van der Waals surface area contributed by atoms with E-state index in [-0.39, 0.29) is 16.3 Å². The van der Waals surface area contributed by atoms with Crippen LogP contribution in [-0.4, -0.2) is 47.7 Å². The second-order valence-electron chi connectivity index (χ2n) is 6.50. The van der Waals surface area contributed by atoms with Crippen molar-refractivity contribution in [2.45, 2.75) is 29.9 Å². The molecule has 1 spiro atoms. The minimum Gasteiger partial charge on any atom is -0.497 e. The Bertz CT molecular complexity index is 636. The normalized spacial score (nSPS) is 39.5. The van der Waals surface area contributed by atoms with Gasteiger partial charge in [-0.2, -0.15) is 0 Å². The maximum Gasteiger partial charge on any atom is 0.162 e. The van der Waals surface area contributed by atoms with Gasteiger partial charge in [0.2, 0.25) is 0 Å². The van der Waals surface area contributed by atoms with Gasteiger partial charge in [-0.15, -0.1) is 0 Å². The highest BCUT2D eigenvalue weighted by Crippen LogP contribution is 2.57. The summed E-state index contributed by atoms with van der Waals surface area (Å²) in [5.74, 6) is 1.78. The van der Waals surface area contributed by atoms with Gasteiger partial charge in [-0.05, 0) is 17.8 Å². The van der Waals surface area contributed by atoms with Crippen LogP contribution in [0.15, 0.2) is 47.1 Å². The number of aliphatic hydroxyl groups excluding tert-OH is 1. The first-order chi connectivity index (χ1) is 10.5. The molecule has 1 saturated heterocycles. The van der Waals surface area contributed by atoms with E-state index >= 15 is 0 Å². The topological polar surface area (TPSA) is 41.9 Å². The highest BCUT2D eigenvalue weighted by molar-refractivity contribution is 9.09. The minimum absolute atomic E-state index is 0.0437. The van der Waals surface area contributed by atoms with Gasteiger partial charge in [0.05, 0.1) is 18.6 Å². The van der Waals surface area contributed by atoms with Crippen molar-refractivity contribution in [2.24, 2.45) is 5.41 Å². The van der Waals surface area contributed by atoms with Gasteiger partial charge in [0, 0.05) is 36.8 Å². The molecule has 0 radical (unpaired) electrons. The van der Waals surface area contributed by atoms with E-state index < -0.39 is 6.10 Å². The second-order valence-corrected chi connectivity index (χ2v) is 7.60. The molecule has 0 bridgehead atoms. The summed E-state index contributed by atoms with van der Waals surface area (Å²) >= 11 is 3.80. The summed E-state index contributed by atoms with van der Waals surface area (Å²) in [6.45, 7) is 0.844. The predicted molar refractivity (Wildman–Crippen MR) is 87.2 cm³/mol. The van der Waals surface area contributed by atoms with Crippen molar-refractivity contribution in [3.8, 4) is 0 Å². The number of hydrogen-bond acceptors (Lipinski definition) is 4. The van der Waals surface area contributed by atoms with E-state index in [2.05, 4.69) is 46.2 Å². The number of allylic oxidation sites excluding steroid dienone is 4. The summed E-state index contributed by atoms with van der Waals surface area (Å²) in [6, 6.07) is 0. The number of alkyl halides is 1. The molecule has 2 unspecified atom stereocenters. The van der Waals surface area contributed by atoms with E-state index in [1.54, 1.807) is 7.11 Å². The van der Waals surface area contributed by atoms with Crippen LogP contribution < -0.4 is 0 Å². The van der Waals surface area contributed by atoms with Gasteiger partial charge in [0.15, 0.2) is 5.76 Å². The molecule has 2 aliphatic carbocycles. The lowest BCUT2D eigenvalue weighted by Crippen LogP contribution is -2.43. The Hall–Kier alpha value is -1.20. The molecule has 4 nitrogen and oxygen atoms in total.